The summed E-state index contributed by atoms with van der Waals surface area (Å²) in [5.41, 5.74) is 7.22. The van der Waals surface area contributed by atoms with Crippen molar-refractivity contribution in [3.05, 3.63) is 158 Å². The second-order valence-corrected chi connectivity index (χ2v) is 11.7. The zero-order valence-corrected chi connectivity index (χ0v) is 23.9. The molecule has 0 saturated heterocycles. The van der Waals surface area contributed by atoms with Gasteiger partial charge in [-0.1, -0.05) is 121 Å². The van der Waals surface area contributed by atoms with Gasteiger partial charge in [0.1, 0.15) is 0 Å². The first kappa shape index (κ1) is 23.7. The number of para-hydroxylation sites is 3. The summed E-state index contributed by atoms with van der Waals surface area (Å²) in [5, 5.41) is 12.8. The van der Waals surface area contributed by atoms with Crippen molar-refractivity contribution in [1.29, 1.82) is 0 Å². The number of hydrogen-bond donors (Lipinski definition) is 0. The molecule has 0 fully saturated rings. The molecule has 2 heterocycles. The maximum atomic E-state index is 2.49. The highest BCUT2D eigenvalue weighted by atomic mass is 15.0. The molecule has 2 nitrogen and oxygen atoms in total. The van der Waals surface area contributed by atoms with Gasteiger partial charge < -0.3 is 9.13 Å². The Bertz CT molecular complexity index is 2730. The first-order valence-corrected chi connectivity index (χ1v) is 15.2. The normalized spacial score (nSPS) is 12.1. The van der Waals surface area contributed by atoms with E-state index >= 15 is 0 Å². The predicted molar refractivity (Wildman–Crippen MR) is 188 cm³/mol. The standard InChI is InChI=1S/C42H26N2/c1-2-12-27(13-3-1)43-39-20-10-8-18-34(39)36-24-25-37-35-19-9-11-21-40(35)44(42(37)41(36)43)28-22-23-33-31-16-5-4-14-29(31)30-15-6-7-17-32(30)38(33)26-28/h1-26H. The van der Waals surface area contributed by atoms with Crippen molar-refractivity contribution in [2.45, 2.75) is 0 Å². The van der Waals surface area contributed by atoms with Gasteiger partial charge in [0.25, 0.3) is 0 Å². The van der Waals surface area contributed by atoms with Gasteiger partial charge in [-0.25, -0.2) is 0 Å². The molecule has 0 spiro atoms. The van der Waals surface area contributed by atoms with Gasteiger partial charge in [-0.15, -0.1) is 0 Å². The van der Waals surface area contributed by atoms with Crippen LogP contribution >= 0.6 is 0 Å². The Labute approximate surface area is 253 Å². The molecule has 8 aromatic carbocycles. The molecular weight excluding hydrogens is 532 g/mol. The van der Waals surface area contributed by atoms with Gasteiger partial charge in [0.2, 0.25) is 0 Å². The summed E-state index contributed by atoms with van der Waals surface area (Å²) >= 11 is 0. The summed E-state index contributed by atoms with van der Waals surface area (Å²) in [6.45, 7) is 0. The number of hydrogen-bond acceptors (Lipinski definition) is 0. The lowest BCUT2D eigenvalue weighted by Crippen LogP contribution is -1.98. The van der Waals surface area contributed by atoms with Gasteiger partial charge in [0, 0.05) is 32.9 Å². The summed E-state index contributed by atoms with van der Waals surface area (Å²) in [7, 11) is 0. The van der Waals surface area contributed by atoms with Crippen LogP contribution in [0.25, 0.3) is 87.3 Å². The summed E-state index contributed by atoms with van der Waals surface area (Å²) in [4.78, 5) is 0. The van der Waals surface area contributed by atoms with Crippen LogP contribution in [0, 0.1) is 0 Å². The second kappa shape index (κ2) is 8.82. The quantitative estimate of drug-likeness (QED) is 0.187. The van der Waals surface area contributed by atoms with E-state index in [-0.39, 0.29) is 0 Å². The molecule has 0 aliphatic rings. The van der Waals surface area contributed by atoms with Crippen LogP contribution in [-0.4, -0.2) is 9.13 Å². The van der Waals surface area contributed by atoms with Crippen molar-refractivity contribution in [2.24, 2.45) is 0 Å². The number of nitrogens with zero attached hydrogens (tertiary/aromatic N) is 2. The molecule has 2 heteroatoms. The Kier molecular flexibility index (Phi) is 4.75. The van der Waals surface area contributed by atoms with Crippen molar-refractivity contribution in [2.75, 3.05) is 0 Å². The Hall–Kier alpha value is -5.86. The van der Waals surface area contributed by atoms with Crippen molar-refractivity contribution < 1.29 is 0 Å². The number of rotatable bonds is 2. The first-order chi connectivity index (χ1) is 21.9. The molecule has 0 unspecified atom stereocenters. The molecule has 0 bridgehead atoms. The average Bonchev–Trinajstić information content (AvgIpc) is 3.62. The number of benzene rings is 8. The van der Waals surface area contributed by atoms with Crippen molar-refractivity contribution in [1.82, 2.24) is 9.13 Å². The van der Waals surface area contributed by atoms with Crippen LogP contribution in [0.15, 0.2) is 158 Å². The SMILES string of the molecule is c1ccc(-n2c3ccccc3c3ccc4c5ccccc5n(-c5ccc6c7ccccc7c7ccccc7c6c5)c4c32)cc1. The van der Waals surface area contributed by atoms with Gasteiger partial charge >= 0.3 is 0 Å². The largest absolute Gasteiger partial charge is 0.307 e. The summed E-state index contributed by atoms with van der Waals surface area (Å²) in [6.07, 6.45) is 0. The molecule has 0 N–H and O–H groups in total. The Morgan fingerprint density at radius 3 is 1.18 bits per heavy atom. The van der Waals surface area contributed by atoms with E-state index in [1.54, 1.807) is 0 Å². The van der Waals surface area contributed by atoms with E-state index < -0.39 is 0 Å². The lowest BCUT2D eigenvalue weighted by atomic mass is 9.94. The molecule has 0 atom stereocenters. The highest BCUT2D eigenvalue weighted by molar-refractivity contribution is 6.27. The van der Waals surface area contributed by atoms with Crippen LogP contribution in [0.1, 0.15) is 0 Å². The maximum absolute atomic E-state index is 2.49. The van der Waals surface area contributed by atoms with Crippen LogP contribution < -0.4 is 0 Å². The summed E-state index contributed by atoms with van der Waals surface area (Å²) < 4.78 is 4.95. The van der Waals surface area contributed by atoms with Crippen LogP contribution in [0.2, 0.25) is 0 Å². The van der Waals surface area contributed by atoms with E-state index in [9.17, 15) is 0 Å². The second-order valence-electron chi connectivity index (χ2n) is 11.7. The highest BCUT2D eigenvalue weighted by Crippen LogP contribution is 2.43. The Morgan fingerprint density at radius 1 is 0.250 bits per heavy atom. The summed E-state index contributed by atoms with van der Waals surface area (Å²) in [6, 6.07) is 57.7. The topological polar surface area (TPSA) is 9.86 Å². The molecule has 10 aromatic rings. The molecule has 0 aliphatic carbocycles. The van der Waals surface area contributed by atoms with E-state index in [1.165, 1.54) is 87.3 Å². The molecule has 0 aliphatic heterocycles. The van der Waals surface area contributed by atoms with E-state index in [2.05, 4.69) is 167 Å². The van der Waals surface area contributed by atoms with Crippen LogP contribution in [-0.2, 0) is 0 Å². The van der Waals surface area contributed by atoms with Gasteiger partial charge in [-0.2, -0.15) is 0 Å². The summed E-state index contributed by atoms with van der Waals surface area (Å²) in [5.74, 6) is 0. The number of aromatic nitrogens is 2. The molecular formula is C42H26N2. The minimum atomic E-state index is 1.17. The van der Waals surface area contributed by atoms with Gasteiger partial charge in [0.05, 0.1) is 22.1 Å². The molecule has 2 aromatic heterocycles. The fourth-order valence-electron chi connectivity index (χ4n) is 7.65. The molecule has 0 amide bonds. The maximum Gasteiger partial charge on any atom is 0.0788 e. The van der Waals surface area contributed by atoms with Crippen LogP contribution in [0.3, 0.4) is 0 Å². The zero-order chi connectivity index (χ0) is 28.8. The molecule has 204 valence electrons. The van der Waals surface area contributed by atoms with Crippen LogP contribution in [0.5, 0.6) is 0 Å². The lowest BCUT2D eigenvalue weighted by molar-refractivity contribution is 1.15. The van der Waals surface area contributed by atoms with Gasteiger partial charge in [-0.05, 0) is 68.7 Å². The minimum Gasteiger partial charge on any atom is -0.307 e. The lowest BCUT2D eigenvalue weighted by Gasteiger charge is -2.15. The van der Waals surface area contributed by atoms with Gasteiger partial charge in [0.15, 0.2) is 0 Å². The fourth-order valence-corrected chi connectivity index (χ4v) is 7.65. The highest BCUT2D eigenvalue weighted by Gasteiger charge is 2.21. The monoisotopic (exact) mass is 558 g/mol. The Balaban J connectivity index is 1.42. The van der Waals surface area contributed by atoms with Crippen molar-refractivity contribution in [3.8, 4) is 11.4 Å². The van der Waals surface area contributed by atoms with E-state index in [4.69, 9.17) is 0 Å². The van der Waals surface area contributed by atoms with Crippen LogP contribution in [0.4, 0.5) is 0 Å². The van der Waals surface area contributed by atoms with E-state index in [0.717, 1.165) is 0 Å². The molecule has 0 saturated carbocycles. The molecule has 10 rings (SSSR count). The average molecular weight is 559 g/mol. The predicted octanol–water partition coefficient (Wildman–Crippen LogP) is 11.3. The van der Waals surface area contributed by atoms with Gasteiger partial charge in [-0.3, -0.25) is 0 Å². The fraction of sp³-hybridized carbons (Fsp3) is 0. The third-order valence-corrected chi connectivity index (χ3v) is 9.47. The van der Waals surface area contributed by atoms with Crippen molar-refractivity contribution in [3.63, 3.8) is 0 Å². The van der Waals surface area contributed by atoms with E-state index in [1.807, 2.05) is 0 Å². The Morgan fingerprint density at radius 2 is 0.636 bits per heavy atom. The van der Waals surface area contributed by atoms with Crippen molar-refractivity contribution >= 4 is 75.9 Å². The smallest absolute Gasteiger partial charge is 0.0788 e. The third kappa shape index (κ3) is 3.09. The zero-order valence-electron chi connectivity index (χ0n) is 23.9. The van der Waals surface area contributed by atoms with E-state index in [0.29, 0.717) is 0 Å². The third-order valence-electron chi connectivity index (χ3n) is 9.47. The molecule has 0 radical (unpaired) electrons. The minimum absolute atomic E-state index is 1.17. The molecule has 44 heavy (non-hydrogen) atoms. The number of fused-ring (bicyclic) bond motifs is 13. The first-order valence-electron chi connectivity index (χ1n) is 15.2.